The van der Waals surface area contributed by atoms with E-state index in [0.29, 0.717) is 18.9 Å². The second-order valence-corrected chi connectivity index (χ2v) is 3.31. The fourth-order valence-corrected chi connectivity index (χ4v) is 1.60. The van der Waals surface area contributed by atoms with Gasteiger partial charge in [-0.1, -0.05) is 5.92 Å². The van der Waals surface area contributed by atoms with Crippen LogP contribution in [0.15, 0.2) is 12.1 Å². The standard InChI is InChI=1S/C11H12FN3O/c1-2-3-15-4-5-16-11-6-8(12)9(14-13)7-10(11)15/h6-7,14H,4-5,13H2,1H3. The van der Waals surface area contributed by atoms with E-state index in [1.54, 1.807) is 13.0 Å². The number of halogens is 1. The predicted molar refractivity (Wildman–Crippen MR) is 60.5 cm³/mol. The molecule has 4 nitrogen and oxygen atoms in total. The summed E-state index contributed by atoms with van der Waals surface area (Å²) >= 11 is 0. The monoisotopic (exact) mass is 221 g/mol. The van der Waals surface area contributed by atoms with Gasteiger partial charge in [-0.15, -0.1) is 0 Å². The van der Waals surface area contributed by atoms with Crippen molar-refractivity contribution in [3.8, 4) is 17.7 Å². The van der Waals surface area contributed by atoms with Crippen LogP contribution in [0.2, 0.25) is 0 Å². The molecule has 5 heteroatoms. The van der Waals surface area contributed by atoms with E-state index in [0.717, 1.165) is 5.69 Å². The highest BCUT2D eigenvalue weighted by Gasteiger charge is 2.19. The van der Waals surface area contributed by atoms with E-state index >= 15 is 0 Å². The van der Waals surface area contributed by atoms with Crippen molar-refractivity contribution in [3.05, 3.63) is 17.9 Å². The van der Waals surface area contributed by atoms with Crippen LogP contribution in [0.25, 0.3) is 0 Å². The van der Waals surface area contributed by atoms with Crippen LogP contribution in [0, 0.1) is 17.8 Å². The predicted octanol–water partition coefficient (Wildman–Crippen LogP) is 1.29. The minimum atomic E-state index is -0.437. The topological polar surface area (TPSA) is 50.5 Å². The summed E-state index contributed by atoms with van der Waals surface area (Å²) in [7, 11) is 0. The molecule has 1 aliphatic heterocycles. The lowest BCUT2D eigenvalue weighted by atomic mass is 10.2. The van der Waals surface area contributed by atoms with Gasteiger partial charge in [0.1, 0.15) is 12.4 Å². The first-order chi connectivity index (χ1) is 7.76. The van der Waals surface area contributed by atoms with Gasteiger partial charge in [0.05, 0.1) is 17.9 Å². The van der Waals surface area contributed by atoms with Crippen molar-refractivity contribution in [1.82, 2.24) is 0 Å². The molecule has 0 atom stereocenters. The third-order valence-electron chi connectivity index (χ3n) is 2.31. The summed E-state index contributed by atoms with van der Waals surface area (Å²) in [6, 6.07) is 5.83. The van der Waals surface area contributed by atoms with E-state index in [-0.39, 0.29) is 5.69 Å². The molecule has 0 aromatic heterocycles. The lowest BCUT2D eigenvalue weighted by Gasteiger charge is -2.26. The van der Waals surface area contributed by atoms with Crippen molar-refractivity contribution in [1.29, 1.82) is 0 Å². The van der Waals surface area contributed by atoms with E-state index in [1.807, 2.05) is 4.90 Å². The van der Waals surface area contributed by atoms with E-state index in [2.05, 4.69) is 17.4 Å². The first-order valence-corrected chi connectivity index (χ1v) is 4.89. The summed E-state index contributed by atoms with van der Waals surface area (Å²) in [5.41, 5.74) is 3.26. The molecular weight excluding hydrogens is 209 g/mol. The SMILES string of the molecule is CC#CN1CCOc2cc(F)c(NN)cc21. The minimum absolute atomic E-state index is 0.229. The summed E-state index contributed by atoms with van der Waals surface area (Å²) in [6.45, 7) is 2.90. The first kappa shape index (κ1) is 10.6. The van der Waals surface area contributed by atoms with Gasteiger partial charge in [0.25, 0.3) is 0 Å². The number of hydrogen-bond donors (Lipinski definition) is 2. The number of hydrogen-bond acceptors (Lipinski definition) is 4. The van der Waals surface area contributed by atoms with Crippen LogP contribution in [-0.4, -0.2) is 13.2 Å². The van der Waals surface area contributed by atoms with Crippen LogP contribution < -0.4 is 20.9 Å². The summed E-state index contributed by atoms with van der Waals surface area (Å²) in [4.78, 5) is 1.82. The molecule has 1 aromatic rings. The van der Waals surface area contributed by atoms with Gasteiger partial charge in [-0.3, -0.25) is 10.7 Å². The van der Waals surface area contributed by atoms with Crippen LogP contribution in [0.4, 0.5) is 15.8 Å². The van der Waals surface area contributed by atoms with Crippen molar-refractivity contribution in [3.63, 3.8) is 0 Å². The molecule has 0 unspecified atom stereocenters. The molecule has 3 N–H and O–H groups in total. The van der Waals surface area contributed by atoms with Gasteiger partial charge in [-0.2, -0.15) is 0 Å². The number of ether oxygens (including phenoxy) is 1. The number of fused-ring (bicyclic) bond motifs is 1. The smallest absolute Gasteiger partial charge is 0.151 e. The molecule has 0 aliphatic carbocycles. The highest BCUT2D eigenvalue weighted by molar-refractivity contribution is 5.69. The van der Waals surface area contributed by atoms with Gasteiger partial charge in [0.15, 0.2) is 5.82 Å². The summed E-state index contributed by atoms with van der Waals surface area (Å²) < 4.78 is 18.8. The summed E-state index contributed by atoms with van der Waals surface area (Å²) in [5.74, 6) is 8.08. The number of nitrogens with zero attached hydrogens (tertiary/aromatic N) is 1. The molecule has 1 aromatic carbocycles. The maximum absolute atomic E-state index is 13.4. The molecule has 0 spiro atoms. The summed E-state index contributed by atoms with van der Waals surface area (Å²) in [5, 5.41) is 0. The molecule has 0 bridgehead atoms. The van der Waals surface area contributed by atoms with Crippen LogP contribution >= 0.6 is 0 Å². The Morgan fingerprint density at radius 2 is 2.38 bits per heavy atom. The average molecular weight is 221 g/mol. The Morgan fingerprint density at radius 1 is 1.56 bits per heavy atom. The number of nitrogens with one attached hydrogen (secondary N) is 1. The van der Waals surface area contributed by atoms with Gasteiger partial charge < -0.3 is 10.2 Å². The number of rotatable bonds is 1. The maximum atomic E-state index is 13.4. The Hall–Kier alpha value is -1.93. The van der Waals surface area contributed by atoms with Crippen LogP contribution in [0.3, 0.4) is 0 Å². The third-order valence-corrected chi connectivity index (χ3v) is 2.31. The zero-order valence-electron chi connectivity index (χ0n) is 8.88. The highest BCUT2D eigenvalue weighted by atomic mass is 19.1. The number of anilines is 2. The molecule has 0 saturated carbocycles. The normalized spacial score (nSPS) is 13.3. The van der Waals surface area contributed by atoms with Crippen molar-refractivity contribution in [2.24, 2.45) is 5.84 Å². The van der Waals surface area contributed by atoms with Crippen molar-refractivity contribution in [2.75, 3.05) is 23.5 Å². The highest BCUT2D eigenvalue weighted by Crippen LogP contribution is 2.35. The average Bonchev–Trinajstić information content (AvgIpc) is 2.29. The zero-order chi connectivity index (χ0) is 11.5. The fourth-order valence-electron chi connectivity index (χ4n) is 1.60. The Kier molecular flexibility index (Phi) is 2.84. The molecule has 2 rings (SSSR count). The third kappa shape index (κ3) is 1.75. The second-order valence-electron chi connectivity index (χ2n) is 3.31. The van der Waals surface area contributed by atoms with Crippen LogP contribution in [0.1, 0.15) is 6.92 Å². The van der Waals surface area contributed by atoms with E-state index in [1.165, 1.54) is 6.07 Å². The number of benzene rings is 1. The Bertz CT molecular complexity index is 464. The molecular formula is C11H12FN3O. The lowest BCUT2D eigenvalue weighted by Crippen LogP contribution is -2.29. The Morgan fingerprint density at radius 3 is 3.06 bits per heavy atom. The zero-order valence-corrected chi connectivity index (χ0v) is 8.88. The quantitative estimate of drug-likeness (QED) is 0.426. The van der Waals surface area contributed by atoms with Gasteiger partial charge in [0, 0.05) is 12.1 Å². The van der Waals surface area contributed by atoms with Gasteiger partial charge in [-0.05, 0) is 13.0 Å². The molecule has 84 valence electrons. The Balaban J connectivity index is 2.49. The molecule has 16 heavy (non-hydrogen) atoms. The van der Waals surface area contributed by atoms with Crippen molar-refractivity contribution >= 4 is 11.4 Å². The summed E-state index contributed by atoms with van der Waals surface area (Å²) in [6.07, 6.45) is 0. The molecule has 0 fully saturated rings. The minimum Gasteiger partial charge on any atom is -0.489 e. The van der Waals surface area contributed by atoms with Gasteiger partial charge in [0.2, 0.25) is 0 Å². The first-order valence-electron chi connectivity index (χ1n) is 4.89. The van der Waals surface area contributed by atoms with E-state index in [4.69, 9.17) is 10.6 Å². The number of nitrogens with two attached hydrogens (primary N) is 1. The van der Waals surface area contributed by atoms with Gasteiger partial charge >= 0.3 is 0 Å². The fraction of sp³-hybridized carbons (Fsp3) is 0.273. The van der Waals surface area contributed by atoms with Crippen molar-refractivity contribution in [2.45, 2.75) is 6.92 Å². The number of hydrazine groups is 1. The van der Waals surface area contributed by atoms with Crippen LogP contribution in [-0.2, 0) is 0 Å². The van der Waals surface area contributed by atoms with Crippen LogP contribution in [0.5, 0.6) is 5.75 Å². The Labute approximate surface area is 93.1 Å². The van der Waals surface area contributed by atoms with Crippen molar-refractivity contribution < 1.29 is 9.13 Å². The second kappa shape index (κ2) is 4.29. The number of nitrogen functional groups attached to an aromatic ring is 1. The largest absolute Gasteiger partial charge is 0.489 e. The molecule has 1 aliphatic rings. The molecule has 0 radical (unpaired) electrons. The maximum Gasteiger partial charge on any atom is 0.151 e. The van der Waals surface area contributed by atoms with Gasteiger partial charge in [-0.25, -0.2) is 4.39 Å². The van der Waals surface area contributed by atoms with E-state index < -0.39 is 5.82 Å². The van der Waals surface area contributed by atoms with E-state index in [9.17, 15) is 4.39 Å². The lowest BCUT2D eigenvalue weighted by molar-refractivity contribution is 0.313. The molecule has 0 saturated heterocycles. The molecule has 0 amide bonds. The molecule has 1 heterocycles.